The number of fused-ring (bicyclic) bond motifs is 1. The molecule has 4 rings (SSSR count). The number of para-hydroxylation sites is 1. The van der Waals surface area contributed by atoms with Gasteiger partial charge in [-0.1, -0.05) is 42.7 Å². The number of hydrogen-bond acceptors (Lipinski definition) is 4. The van der Waals surface area contributed by atoms with Crippen LogP contribution < -0.4 is 4.80 Å². The van der Waals surface area contributed by atoms with Crippen molar-refractivity contribution in [2.24, 2.45) is 12.0 Å². The molecule has 27 heavy (non-hydrogen) atoms. The summed E-state index contributed by atoms with van der Waals surface area (Å²) in [6, 6.07) is 7.41. The van der Waals surface area contributed by atoms with Gasteiger partial charge in [0, 0.05) is 14.1 Å². The molecule has 1 spiro atoms. The predicted octanol–water partition coefficient (Wildman–Crippen LogP) is 2.26. The molecular formula is C19H22N4O3S. The molecular weight excluding hydrogens is 364 g/mol. The second kappa shape index (κ2) is 6.60. The first-order chi connectivity index (χ1) is 12.9. The molecule has 1 aromatic heterocycles. The maximum Gasteiger partial charge on any atom is 0.327 e. The van der Waals surface area contributed by atoms with Crippen molar-refractivity contribution in [1.29, 1.82) is 0 Å². The third kappa shape index (κ3) is 2.79. The third-order valence-electron chi connectivity index (χ3n) is 5.71. The predicted molar refractivity (Wildman–Crippen MR) is 102 cm³/mol. The average Bonchev–Trinajstić information content (AvgIpc) is 3.07. The number of imide groups is 1. The number of aromatic nitrogens is 1. The van der Waals surface area contributed by atoms with Crippen molar-refractivity contribution in [2.45, 2.75) is 37.6 Å². The Morgan fingerprint density at radius 3 is 2.56 bits per heavy atom. The zero-order chi connectivity index (χ0) is 19.2. The lowest BCUT2D eigenvalue weighted by Crippen LogP contribution is -2.49. The number of benzene rings is 1. The van der Waals surface area contributed by atoms with Gasteiger partial charge in [-0.15, -0.1) is 0 Å². The molecule has 7 nitrogen and oxygen atoms in total. The standard InChI is InChI=1S/C19H22N4O3S/c1-21-13-8-4-5-9-14(13)27-17(21)20-15(24)12-23-16(25)19(22(2)18(23)26)10-6-3-7-11-19/h4-5,8-9H,3,6-7,10-12H2,1-2H3. The van der Waals surface area contributed by atoms with Crippen LogP contribution in [0.5, 0.6) is 0 Å². The summed E-state index contributed by atoms with van der Waals surface area (Å²) in [4.78, 5) is 45.4. The van der Waals surface area contributed by atoms with E-state index in [9.17, 15) is 14.4 Å². The number of carbonyl (C=O) groups is 3. The second-order valence-corrected chi connectivity index (χ2v) is 8.25. The topological polar surface area (TPSA) is 75.0 Å². The fourth-order valence-corrected chi connectivity index (χ4v) is 5.17. The van der Waals surface area contributed by atoms with E-state index < -0.39 is 17.5 Å². The van der Waals surface area contributed by atoms with Crippen molar-refractivity contribution in [2.75, 3.05) is 13.6 Å². The van der Waals surface area contributed by atoms with Crippen molar-refractivity contribution in [1.82, 2.24) is 14.4 Å². The SMILES string of the molecule is CN1C(=O)N(CC(=O)N=c2sc3ccccc3n2C)C(=O)C12CCCCC2. The summed E-state index contributed by atoms with van der Waals surface area (Å²) in [5.41, 5.74) is 0.223. The highest BCUT2D eigenvalue weighted by atomic mass is 32.1. The van der Waals surface area contributed by atoms with Crippen molar-refractivity contribution in [3.63, 3.8) is 0 Å². The molecule has 4 amide bonds. The Morgan fingerprint density at radius 1 is 1.15 bits per heavy atom. The first kappa shape index (κ1) is 17.9. The summed E-state index contributed by atoms with van der Waals surface area (Å²) in [6.45, 7) is -0.308. The molecule has 1 aliphatic heterocycles. The monoisotopic (exact) mass is 386 g/mol. The Morgan fingerprint density at radius 2 is 1.85 bits per heavy atom. The summed E-state index contributed by atoms with van der Waals surface area (Å²) < 4.78 is 2.88. The minimum Gasteiger partial charge on any atom is -0.319 e. The number of nitrogens with zero attached hydrogens (tertiary/aromatic N) is 4. The van der Waals surface area contributed by atoms with E-state index in [0.717, 1.165) is 34.4 Å². The highest BCUT2D eigenvalue weighted by Gasteiger charge is 2.55. The Kier molecular flexibility index (Phi) is 4.38. The Labute approximate surface area is 160 Å². The van der Waals surface area contributed by atoms with Crippen LogP contribution >= 0.6 is 11.3 Å². The zero-order valence-corrected chi connectivity index (χ0v) is 16.3. The first-order valence-electron chi connectivity index (χ1n) is 9.16. The summed E-state index contributed by atoms with van der Waals surface area (Å²) in [5, 5.41) is 0. The molecule has 1 saturated carbocycles. The van der Waals surface area contributed by atoms with E-state index in [-0.39, 0.29) is 12.5 Å². The minimum absolute atomic E-state index is 0.251. The molecule has 2 fully saturated rings. The van der Waals surface area contributed by atoms with Gasteiger partial charge in [0.2, 0.25) is 0 Å². The van der Waals surface area contributed by atoms with Gasteiger partial charge in [-0.25, -0.2) is 4.79 Å². The lowest BCUT2D eigenvalue weighted by Gasteiger charge is -2.35. The number of hydrogen-bond donors (Lipinski definition) is 0. The van der Waals surface area contributed by atoms with Crippen LogP contribution in [0, 0.1) is 0 Å². The number of urea groups is 1. The van der Waals surface area contributed by atoms with Gasteiger partial charge in [-0.3, -0.25) is 14.5 Å². The average molecular weight is 386 g/mol. The maximum absolute atomic E-state index is 13.0. The van der Waals surface area contributed by atoms with E-state index in [1.807, 2.05) is 35.9 Å². The van der Waals surface area contributed by atoms with E-state index in [0.29, 0.717) is 17.6 Å². The van der Waals surface area contributed by atoms with Crippen molar-refractivity contribution < 1.29 is 14.4 Å². The molecule has 0 unspecified atom stereocenters. The first-order valence-corrected chi connectivity index (χ1v) is 9.97. The van der Waals surface area contributed by atoms with E-state index in [4.69, 9.17) is 0 Å². The number of carbonyl (C=O) groups excluding carboxylic acids is 3. The summed E-state index contributed by atoms with van der Waals surface area (Å²) in [6.07, 6.45) is 4.26. The van der Waals surface area contributed by atoms with Crippen LogP contribution in [-0.4, -0.2) is 51.3 Å². The van der Waals surface area contributed by atoms with Gasteiger partial charge in [0.1, 0.15) is 12.1 Å². The van der Waals surface area contributed by atoms with Gasteiger partial charge in [0.15, 0.2) is 4.80 Å². The molecule has 1 saturated heterocycles. The highest BCUT2D eigenvalue weighted by Crippen LogP contribution is 2.39. The van der Waals surface area contributed by atoms with Crippen LogP contribution in [-0.2, 0) is 16.6 Å². The van der Waals surface area contributed by atoms with Crippen LogP contribution in [0.2, 0.25) is 0 Å². The smallest absolute Gasteiger partial charge is 0.319 e. The molecule has 0 N–H and O–H groups in total. The summed E-state index contributed by atoms with van der Waals surface area (Å²) >= 11 is 1.41. The number of rotatable bonds is 2. The quantitative estimate of drug-likeness (QED) is 0.743. The number of amides is 4. The molecule has 0 radical (unpaired) electrons. The van der Waals surface area contributed by atoms with Crippen molar-refractivity contribution in [3.05, 3.63) is 29.1 Å². The third-order valence-corrected chi connectivity index (χ3v) is 6.83. The molecule has 142 valence electrons. The van der Waals surface area contributed by atoms with Crippen molar-refractivity contribution >= 4 is 39.4 Å². The molecule has 2 aliphatic rings. The zero-order valence-electron chi connectivity index (χ0n) is 15.5. The molecule has 1 aliphatic carbocycles. The van der Waals surface area contributed by atoms with Crippen LogP contribution in [0.3, 0.4) is 0 Å². The molecule has 8 heteroatoms. The summed E-state index contributed by atoms with van der Waals surface area (Å²) in [7, 11) is 3.51. The van der Waals surface area contributed by atoms with Gasteiger partial charge in [0.05, 0.1) is 10.2 Å². The fourth-order valence-electron chi connectivity index (χ4n) is 4.14. The van der Waals surface area contributed by atoms with Gasteiger partial charge in [-0.2, -0.15) is 4.99 Å². The minimum atomic E-state index is -0.766. The maximum atomic E-state index is 13.0. The van der Waals surface area contributed by atoms with Crippen LogP contribution in [0.25, 0.3) is 10.2 Å². The lowest BCUT2D eigenvalue weighted by molar-refractivity contribution is -0.136. The molecule has 1 aromatic carbocycles. The molecule has 2 heterocycles. The van der Waals surface area contributed by atoms with E-state index >= 15 is 0 Å². The second-order valence-electron chi connectivity index (χ2n) is 7.24. The van der Waals surface area contributed by atoms with Gasteiger partial charge in [0.25, 0.3) is 11.8 Å². The molecule has 0 atom stereocenters. The summed E-state index contributed by atoms with van der Waals surface area (Å²) in [5.74, 6) is -0.737. The Hall–Kier alpha value is -2.48. The van der Waals surface area contributed by atoms with E-state index in [2.05, 4.69) is 4.99 Å². The van der Waals surface area contributed by atoms with Gasteiger partial charge in [-0.05, 0) is 25.0 Å². The van der Waals surface area contributed by atoms with E-state index in [1.54, 1.807) is 7.05 Å². The van der Waals surface area contributed by atoms with Gasteiger partial charge >= 0.3 is 6.03 Å². The van der Waals surface area contributed by atoms with Gasteiger partial charge < -0.3 is 9.47 Å². The van der Waals surface area contributed by atoms with E-state index in [1.165, 1.54) is 16.2 Å². The van der Waals surface area contributed by atoms with Crippen LogP contribution in [0.15, 0.2) is 29.3 Å². The molecule has 2 aromatic rings. The number of aryl methyl sites for hydroxylation is 1. The van der Waals surface area contributed by atoms with Crippen LogP contribution in [0.1, 0.15) is 32.1 Å². The van der Waals surface area contributed by atoms with Crippen LogP contribution in [0.4, 0.5) is 4.79 Å². The normalized spacial score (nSPS) is 20.3. The Balaban J connectivity index is 1.60. The van der Waals surface area contributed by atoms with Crippen molar-refractivity contribution in [3.8, 4) is 0 Å². The molecule has 0 bridgehead atoms. The Bertz CT molecular complexity index is 1000. The number of likely N-dealkylation sites (N-methyl/N-ethyl adjacent to an activating group) is 1. The highest BCUT2D eigenvalue weighted by molar-refractivity contribution is 7.16. The number of thiazole rings is 1. The fraction of sp³-hybridized carbons (Fsp3) is 0.474. The largest absolute Gasteiger partial charge is 0.327 e. The lowest BCUT2D eigenvalue weighted by atomic mass is 9.81.